The van der Waals surface area contributed by atoms with E-state index in [0.29, 0.717) is 12.2 Å². The summed E-state index contributed by atoms with van der Waals surface area (Å²) in [6, 6.07) is 18.2. The average Bonchev–Trinajstić information content (AvgIpc) is 3.28. The molecule has 2 aromatic carbocycles. The highest BCUT2D eigenvalue weighted by Gasteiger charge is 2.21. The van der Waals surface area contributed by atoms with Gasteiger partial charge in [0.1, 0.15) is 12.4 Å². The van der Waals surface area contributed by atoms with Crippen LogP contribution in [0.25, 0.3) is 0 Å². The molecule has 29 heavy (non-hydrogen) atoms. The Hall–Kier alpha value is -2.37. The smallest absolute Gasteiger partial charge is 0.251 e. The molecule has 0 spiro atoms. The van der Waals surface area contributed by atoms with Gasteiger partial charge in [0.2, 0.25) is 0 Å². The molecule has 0 bridgehead atoms. The second-order valence-electron chi connectivity index (χ2n) is 7.98. The summed E-state index contributed by atoms with van der Waals surface area (Å²) in [5.74, 6) is 0.708. The molecule has 2 fully saturated rings. The number of hydrogen-bond acceptors (Lipinski definition) is 4. The molecule has 1 N–H and O–H groups in total. The van der Waals surface area contributed by atoms with E-state index in [0.717, 1.165) is 57.7 Å². The molecule has 1 atom stereocenters. The van der Waals surface area contributed by atoms with Crippen LogP contribution in [0.4, 0.5) is 0 Å². The molecule has 2 aromatic rings. The third-order valence-corrected chi connectivity index (χ3v) is 5.73. The highest BCUT2D eigenvalue weighted by atomic mass is 16.5. The number of carbonyl (C=O) groups is 1. The van der Waals surface area contributed by atoms with Gasteiger partial charge >= 0.3 is 0 Å². The predicted octanol–water partition coefficient (Wildman–Crippen LogP) is 3.64. The predicted molar refractivity (Wildman–Crippen MR) is 113 cm³/mol. The van der Waals surface area contributed by atoms with Crippen LogP contribution in [-0.4, -0.2) is 49.3 Å². The van der Waals surface area contributed by atoms with Crippen LogP contribution in [0.15, 0.2) is 54.6 Å². The normalized spacial score (nSPS) is 20.5. The van der Waals surface area contributed by atoms with E-state index in [2.05, 4.69) is 34.5 Å². The molecule has 154 valence electrons. The van der Waals surface area contributed by atoms with Crippen molar-refractivity contribution in [1.29, 1.82) is 0 Å². The maximum absolute atomic E-state index is 12.7. The number of hydrogen-bond donors (Lipinski definition) is 1. The van der Waals surface area contributed by atoms with Crippen LogP contribution in [-0.2, 0) is 11.3 Å². The van der Waals surface area contributed by atoms with Crippen molar-refractivity contribution in [1.82, 2.24) is 10.2 Å². The van der Waals surface area contributed by atoms with Crippen LogP contribution in [0.3, 0.4) is 0 Å². The van der Waals surface area contributed by atoms with Gasteiger partial charge in [0.25, 0.3) is 5.91 Å². The van der Waals surface area contributed by atoms with Crippen molar-refractivity contribution in [2.75, 3.05) is 26.3 Å². The lowest BCUT2D eigenvalue weighted by Crippen LogP contribution is -2.44. The fourth-order valence-corrected chi connectivity index (χ4v) is 4.04. The van der Waals surface area contributed by atoms with E-state index in [-0.39, 0.29) is 18.1 Å². The second-order valence-corrected chi connectivity index (χ2v) is 7.98. The minimum atomic E-state index is -0.0194. The maximum atomic E-state index is 12.7. The lowest BCUT2D eigenvalue weighted by molar-refractivity contribution is 0.0679. The van der Waals surface area contributed by atoms with Gasteiger partial charge in [0.05, 0.1) is 6.10 Å². The van der Waals surface area contributed by atoms with Crippen LogP contribution >= 0.6 is 0 Å². The summed E-state index contributed by atoms with van der Waals surface area (Å²) >= 11 is 0. The first-order valence-corrected chi connectivity index (χ1v) is 10.7. The Balaban J connectivity index is 1.23. The topological polar surface area (TPSA) is 50.8 Å². The quantitative estimate of drug-likeness (QED) is 0.779. The lowest BCUT2D eigenvalue weighted by Gasteiger charge is -2.32. The summed E-state index contributed by atoms with van der Waals surface area (Å²) in [4.78, 5) is 15.1. The van der Waals surface area contributed by atoms with Crippen LogP contribution in [0.5, 0.6) is 5.75 Å². The molecular weight excluding hydrogens is 364 g/mol. The Kier molecular flexibility index (Phi) is 6.80. The second kappa shape index (κ2) is 9.90. The first-order chi connectivity index (χ1) is 14.3. The van der Waals surface area contributed by atoms with Gasteiger partial charge in [-0.25, -0.2) is 0 Å². The van der Waals surface area contributed by atoms with Crippen LogP contribution < -0.4 is 10.1 Å². The Morgan fingerprint density at radius 2 is 1.90 bits per heavy atom. The van der Waals surface area contributed by atoms with Crippen molar-refractivity contribution in [3.63, 3.8) is 0 Å². The first kappa shape index (κ1) is 19.9. The molecule has 1 unspecified atom stereocenters. The third kappa shape index (κ3) is 5.81. The van der Waals surface area contributed by atoms with E-state index < -0.39 is 0 Å². The molecule has 2 saturated heterocycles. The Bertz CT molecular complexity index is 782. The van der Waals surface area contributed by atoms with Gasteiger partial charge < -0.3 is 14.8 Å². The number of nitrogens with one attached hydrogen (secondary N) is 1. The molecule has 5 heteroatoms. The number of carbonyl (C=O) groups excluding carboxylic acids is 1. The molecule has 4 rings (SSSR count). The summed E-state index contributed by atoms with van der Waals surface area (Å²) < 4.78 is 11.4. The Morgan fingerprint density at radius 3 is 2.66 bits per heavy atom. The van der Waals surface area contributed by atoms with Gasteiger partial charge in [-0.05, 0) is 49.4 Å². The zero-order valence-electron chi connectivity index (χ0n) is 16.9. The fourth-order valence-electron chi connectivity index (χ4n) is 4.04. The van der Waals surface area contributed by atoms with Crippen molar-refractivity contribution < 1.29 is 14.3 Å². The largest absolute Gasteiger partial charge is 0.491 e. The number of amides is 1. The van der Waals surface area contributed by atoms with Gasteiger partial charge in [-0.3, -0.25) is 9.69 Å². The summed E-state index contributed by atoms with van der Waals surface area (Å²) in [7, 11) is 0. The van der Waals surface area contributed by atoms with Crippen LogP contribution in [0, 0.1) is 0 Å². The van der Waals surface area contributed by atoms with Crippen molar-refractivity contribution in [3.8, 4) is 5.75 Å². The monoisotopic (exact) mass is 394 g/mol. The summed E-state index contributed by atoms with van der Waals surface area (Å²) in [5, 5.41) is 3.20. The maximum Gasteiger partial charge on any atom is 0.251 e. The number of benzene rings is 2. The van der Waals surface area contributed by atoms with E-state index in [1.807, 2.05) is 30.3 Å². The molecule has 0 saturated carbocycles. The van der Waals surface area contributed by atoms with E-state index in [4.69, 9.17) is 9.47 Å². The highest BCUT2D eigenvalue weighted by molar-refractivity contribution is 5.94. The summed E-state index contributed by atoms with van der Waals surface area (Å²) in [5.41, 5.74) is 2.00. The number of ether oxygens (including phenoxy) is 2. The van der Waals surface area contributed by atoms with Gasteiger partial charge in [0, 0.05) is 37.8 Å². The van der Waals surface area contributed by atoms with E-state index in [9.17, 15) is 4.79 Å². The Morgan fingerprint density at radius 1 is 1.07 bits per heavy atom. The SMILES string of the molecule is O=C(NC1CCN(Cc2ccccc2)CC1)c1cccc(OCC2CCCO2)c1. The first-order valence-electron chi connectivity index (χ1n) is 10.7. The minimum Gasteiger partial charge on any atom is -0.491 e. The van der Waals surface area contributed by atoms with Crippen LogP contribution in [0.1, 0.15) is 41.6 Å². The van der Waals surface area contributed by atoms with Crippen molar-refractivity contribution in [2.24, 2.45) is 0 Å². The van der Waals surface area contributed by atoms with E-state index >= 15 is 0 Å². The fraction of sp³-hybridized carbons (Fsp3) is 0.458. The molecule has 0 radical (unpaired) electrons. The number of rotatable bonds is 7. The molecule has 0 aliphatic carbocycles. The zero-order valence-corrected chi connectivity index (χ0v) is 16.9. The van der Waals surface area contributed by atoms with Gasteiger partial charge in [-0.1, -0.05) is 36.4 Å². The zero-order chi connectivity index (χ0) is 19.9. The average molecular weight is 395 g/mol. The summed E-state index contributed by atoms with van der Waals surface area (Å²) in [6.07, 6.45) is 4.28. The lowest BCUT2D eigenvalue weighted by atomic mass is 10.0. The molecule has 5 nitrogen and oxygen atoms in total. The molecular formula is C24H30N2O3. The Labute approximate surface area is 173 Å². The molecule has 1 amide bonds. The number of likely N-dealkylation sites (tertiary alicyclic amines) is 1. The molecule has 0 aromatic heterocycles. The molecule has 2 aliphatic heterocycles. The van der Waals surface area contributed by atoms with E-state index in [1.165, 1.54) is 5.56 Å². The van der Waals surface area contributed by atoms with Crippen molar-refractivity contribution in [2.45, 2.75) is 44.4 Å². The summed E-state index contributed by atoms with van der Waals surface area (Å²) in [6.45, 7) is 4.35. The van der Waals surface area contributed by atoms with Gasteiger partial charge in [-0.15, -0.1) is 0 Å². The molecule has 2 aliphatic rings. The van der Waals surface area contributed by atoms with Crippen LogP contribution in [0.2, 0.25) is 0 Å². The van der Waals surface area contributed by atoms with Gasteiger partial charge in [0.15, 0.2) is 0 Å². The standard InChI is InChI=1S/C24H30N2O3/c27-24(20-8-4-9-22(16-20)29-18-23-10-5-15-28-23)25-21-11-13-26(14-12-21)17-19-6-2-1-3-7-19/h1-4,6-9,16,21,23H,5,10-15,17-18H2,(H,25,27). The number of nitrogens with zero attached hydrogens (tertiary/aromatic N) is 1. The minimum absolute atomic E-state index is 0.0194. The third-order valence-electron chi connectivity index (χ3n) is 5.73. The van der Waals surface area contributed by atoms with Crippen molar-refractivity contribution in [3.05, 3.63) is 65.7 Å². The van der Waals surface area contributed by atoms with Gasteiger partial charge in [-0.2, -0.15) is 0 Å². The van der Waals surface area contributed by atoms with E-state index in [1.54, 1.807) is 0 Å². The molecule has 2 heterocycles. The van der Waals surface area contributed by atoms with Crippen molar-refractivity contribution >= 4 is 5.91 Å². The highest BCUT2D eigenvalue weighted by Crippen LogP contribution is 2.18. The number of piperidine rings is 1.